The van der Waals surface area contributed by atoms with E-state index >= 15 is 0 Å². The Balaban J connectivity index is 0.929. The van der Waals surface area contributed by atoms with Crippen LogP contribution in [0.1, 0.15) is 0 Å². The van der Waals surface area contributed by atoms with Gasteiger partial charge in [-0.15, -0.1) is 0 Å². The number of hydrogen-bond acceptors (Lipinski definition) is 4. The Morgan fingerprint density at radius 1 is 0.328 bits per heavy atom. The summed E-state index contributed by atoms with van der Waals surface area (Å²) in [6, 6.07) is 79.3. The van der Waals surface area contributed by atoms with Crippen LogP contribution >= 0.6 is 0 Å². The Kier molecular flexibility index (Phi) is 8.18. The van der Waals surface area contributed by atoms with Gasteiger partial charge in [0.25, 0.3) is 0 Å². The summed E-state index contributed by atoms with van der Waals surface area (Å²) in [6.45, 7) is 0. The number of aromatic nitrogens is 5. The molecule has 0 amide bonds. The quantitative estimate of drug-likeness (QED) is 0.167. The van der Waals surface area contributed by atoms with Crippen LogP contribution in [-0.4, -0.2) is 24.1 Å². The summed E-state index contributed by atoms with van der Waals surface area (Å²) in [6.07, 6.45) is 0. The van der Waals surface area contributed by atoms with Gasteiger partial charge in [-0.3, -0.25) is 4.57 Å². The average molecular weight is 856 g/mol. The first-order chi connectivity index (χ1) is 33.2. The molecule has 0 saturated heterocycles. The molecule has 4 aromatic heterocycles. The van der Waals surface area contributed by atoms with Gasteiger partial charge in [-0.2, -0.15) is 9.97 Å². The molecule has 0 aliphatic rings. The molecule has 0 atom stereocenters. The van der Waals surface area contributed by atoms with E-state index in [0.717, 1.165) is 82.8 Å². The highest BCUT2D eigenvalue weighted by molar-refractivity contribution is 6.20. The molecule has 6 nitrogen and oxygen atoms in total. The smallest absolute Gasteiger partial charge is 0.238 e. The molecule has 0 N–H and O–H groups in total. The molecule has 0 aliphatic carbocycles. The molecule has 14 rings (SSSR count). The van der Waals surface area contributed by atoms with Crippen LogP contribution in [0, 0.1) is 0 Å². The van der Waals surface area contributed by atoms with E-state index in [4.69, 9.17) is 19.4 Å². The monoisotopic (exact) mass is 855 g/mol. The van der Waals surface area contributed by atoms with Crippen LogP contribution in [0.5, 0.6) is 0 Å². The van der Waals surface area contributed by atoms with Crippen molar-refractivity contribution in [2.24, 2.45) is 0 Å². The van der Waals surface area contributed by atoms with Gasteiger partial charge in [-0.1, -0.05) is 164 Å². The summed E-state index contributed by atoms with van der Waals surface area (Å²) in [5, 5.41) is 9.31. The predicted molar refractivity (Wildman–Crippen MR) is 275 cm³/mol. The third-order valence-electron chi connectivity index (χ3n) is 13.4. The Labute approximate surface area is 384 Å². The van der Waals surface area contributed by atoms with Crippen LogP contribution in [0.3, 0.4) is 0 Å². The normalized spacial score (nSPS) is 11.9. The molecule has 6 heteroatoms. The molecular weight excluding hydrogens is 819 g/mol. The molecule has 0 unspecified atom stereocenters. The van der Waals surface area contributed by atoms with Crippen molar-refractivity contribution < 1.29 is 4.42 Å². The SMILES string of the molecule is c1ccc(-c2nc(-c3ccccc3)nc(-n3c4ccccc4c4cc(-c5cccc6oc7ccc(-c8ccc9c(c8)c8ccc%10ccccc%10c8n9-c8ccccc8)cc7c56)ccc43)n2)cc1. The van der Waals surface area contributed by atoms with Gasteiger partial charge in [0.1, 0.15) is 11.2 Å². The third-order valence-corrected chi connectivity index (χ3v) is 13.4. The lowest BCUT2D eigenvalue weighted by atomic mass is 9.96. The number of para-hydroxylation sites is 2. The lowest BCUT2D eigenvalue weighted by Crippen LogP contribution is -2.06. The number of benzene rings is 10. The van der Waals surface area contributed by atoms with Crippen LogP contribution < -0.4 is 0 Å². The molecule has 0 aliphatic heterocycles. The minimum Gasteiger partial charge on any atom is -0.456 e. The van der Waals surface area contributed by atoms with Gasteiger partial charge < -0.3 is 8.98 Å². The number of hydrogen-bond donors (Lipinski definition) is 0. The van der Waals surface area contributed by atoms with Crippen molar-refractivity contribution in [3.05, 3.63) is 224 Å². The molecule has 0 bridgehead atoms. The van der Waals surface area contributed by atoms with Crippen molar-refractivity contribution in [1.82, 2.24) is 24.1 Å². The zero-order valence-electron chi connectivity index (χ0n) is 36.0. The van der Waals surface area contributed by atoms with E-state index in [0.29, 0.717) is 17.6 Å². The highest BCUT2D eigenvalue weighted by Gasteiger charge is 2.21. The summed E-state index contributed by atoms with van der Waals surface area (Å²) in [7, 11) is 0. The maximum Gasteiger partial charge on any atom is 0.238 e. The van der Waals surface area contributed by atoms with E-state index < -0.39 is 0 Å². The largest absolute Gasteiger partial charge is 0.456 e. The minimum absolute atomic E-state index is 0.568. The first-order valence-electron chi connectivity index (χ1n) is 22.6. The van der Waals surface area contributed by atoms with E-state index in [9.17, 15) is 0 Å². The maximum absolute atomic E-state index is 6.61. The molecular formula is C61H37N5O. The molecule has 312 valence electrons. The van der Waals surface area contributed by atoms with Crippen molar-refractivity contribution in [3.63, 3.8) is 0 Å². The van der Waals surface area contributed by atoms with Gasteiger partial charge in [0.05, 0.1) is 22.1 Å². The first kappa shape index (κ1) is 37.3. The molecule has 0 radical (unpaired) electrons. The van der Waals surface area contributed by atoms with Crippen molar-refractivity contribution in [1.29, 1.82) is 0 Å². The van der Waals surface area contributed by atoms with Crippen LogP contribution in [-0.2, 0) is 0 Å². The van der Waals surface area contributed by atoms with E-state index in [2.05, 4.69) is 173 Å². The zero-order chi connectivity index (χ0) is 44.0. The zero-order valence-corrected chi connectivity index (χ0v) is 36.0. The number of furan rings is 1. The Morgan fingerprint density at radius 3 is 1.67 bits per heavy atom. The highest BCUT2D eigenvalue weighted by Crippen LogP contribution is 2.43. The second-order valence-corrected chi connectivity index (χ2v) is 17.2. The van der Waals surface area contributed by atoms with Gasteiger partial charge in [0.15, 0.2) is 11.6 Å². The van der Waals surface area contributed by atoms with Crippen molar-refractivity contribution in [2.75, 3.05) is 0 Å². The van der Waals surface area contributed by atoms with Crippen molar-refractivity contribution in [2.45, 2.75) is 0 Å². The van der Waals surface area contributed by atoms with Crippen LogP contribution in [0.15, 0.2) is 229 Å². The van der Waals surface area contributed by atoms with Gasteiger partial charge in [0.2, 0.25) is 5.95 Å². The fourth-order valence-corrected chi connectivity index (χ4v) is 10.3. The molecule has 10 aromatic carbocycles. The molecule has 67 heavy (non-hydrogen) atoms. The second kappa shape index (κ2) is 14.7. The Morgan fingerprint density at radius 2 is 0.910 bits per heavy atom. The summed E-state index contributed by atoms with van der Waals surface area (Å²) >= 11 is 0. The van der Waals surface area contributed by atoms with Crippen molar-refractivity contribution in [3.8, 4) is 56.7 Å². The Bertz CT molecular complexity index is 4210. The fourth-order valence-electron chi connectivity index (χ4n) is 10.3. The summed E-state index contributed by atoms with van der Waals surface area (Å²) in [4.78, 5) is 15.3. The van der Waals surface area contributed by atoms with Crippen LogP contribution in [0.25, 0.3) is 133 Å². The molecule has 0 saturated carbocycles. The van der Waals surface area contributed by atoms with E-state index in [-0.39, 0.29) is 0 Å². The fraction of sp³-hybridized carbons (Fsp3) is 0. The summed E-state index contributed by atoms with van der Waals surface area (Å²) < 4.78 is 11.2. The topological polar surface area (TPSA) is 61.7 Å². The predicted octanol–water partition coefficient (Wildman–Crippen LogP) is 15.8. The lowest BCUT2D eigenvalue weighted by Gasteiger charge is -2.11. The number of nitrogens with zero attached hydrogens (tertiary/aromatic N) is 5. The van der Waals surface area contributed by atoms with Gasteiger partial charge in [-0.05, 0) is 88.3 Å². The highest BCUT2D eigenvalue weighted by atomic mass is 16.3. The molecule has 0 fully saturated rings. The first-order valence-corrected chi connectivity index (χ1v) is 22.6. The average Bonchev–Trinajstić information content (AvgIpc) is 4.06. The van der Waals surface area contributed by atoms with E-state index in [1.807, 2.05) is 60.7 Å². The van der Waals surface area contributed by atoms with Crippen molar-refractivity contribution >= 4 is 76.3 Å². The van der Waals surface area contributed by atoms with Crippen LogP contribution in [0.4, 0.5) is 0 Å². The third kappa shape index (κ3) is 5.86. The van der Waals surface area contributed by atoms with Gasteiger partial charge >= 0.3 is 0 Å². The van der Waals surface area contributed by atoms with E-state index in [1.165, 1.54) is 32.6 Å². The van der Waals surface area contributed by atoms with E-state index in [1.54, 1.807) is 0 Å². The van der Waals surface area contributed by atoms with Gasteiger partial charge in [0, 0.05) is 54.5 Å². The number of rotatable bonds is 6. The number of fused-ring (bicyclic) bond motifs is 11. The standard InChI is InChI=1S/C61H37N5O/c1-4-16-39(17-5-1)59-62-60(40-18-6-2-7-19-40)64-61(63-59)66-52-25-13-12-23-47(52)49-37-43(29-33-54(49)66)45-24-14-26-56-57(45)51-36-42(30-34-55(51)67-56)41-28-32-53-50(35-41)48-31-27-38-15-10-11-22-46(38)58(48)65(53)44-20-8-3-9-21-44/h1-37H. The van der Waals surface area contributed by atoms with Crippen LogP contribution in [0.2, 0.25) is 0 Å². The molecule has 0 spiro atoms. The Hall–Kier alpha value is -9.13. The second-order valence-electron chi connectivity index (χ2n) is 17.2. The van der Waals surface area contributed by atoms with Gasteiger partial charge in [-0.25, -0.2) is 4.98 Å². The minimum atomic E-state index is 0.568. The molecule has 14 aromatic rings. The maximum atomic E-state index is 6.61. The molecule has 4 heterocycles. The lowest BCUT2D eigenvalue weighted by molar-refractivity contribution is 0.669. The summed E-state index contributed by atoms with van der Waals surface area (Å²) in [5.41, 5.74) is 13.6. The summed E-state index contributed by atoms with van der Waals surface area (Å²) in [5.74, 6) is 1.81.